The first-order valence-corrected chi connectivity index (χ1v) is 5.67. The molecule has 0 aromatic carbocycles. The van der Waals surface area contributed by atoms with E-state index in [-0.39, 0.29) is 5.56 Å². The Bertz CT molecular complexity index is 396. The maximum absolute atomic E-state index is 11.7. The molecule has 0 atom stereocenters. The smallest absolute Gasteiger partial charge is 0.299 e. The summed E-state index contributed by atoms with van der Waals surface area (Å²) in [4.78, 5) is 15.9. The molecule has 0 spiro atoms. The first-order valence-electron chi connectivity index (χ1n) is 5.67. The van der Waals surface area contributed by atoms with E-state index in [1.165, 1.54) is 6.07 Å². The third-order valence-electron chi connectivity index (χ3n) is 2.45. The summed E-state index contributed by atoms with van der Waals surface area (Å²) in [7, 11) is 1.54. The van der Waals surface area contributed by atoms with E-state index in [0.29, 0.717) is 24.2 Å². The summed E-state index contributed by atoms with van der Waals surface area (Å²) in [6, 6.07) is 1.95. The van der Waals surface area contributed by atoms with Gasteiger partial charge in [0.1, 0.15) is 0 Å². The normalized spacial score (nSPS) is 10.8. The molecule has 0 unspecified atom stereocenters. The molecule has 4 heteroatoms. The number of hydrogen-bond acceptors (Lipinski definition) is 3. The molecule has 0 amide bonds. The quantitative estimate of drug-likeness (QED) is 0.768. The second-order valence-corrected chi connectivity index (χ2v) is 4.41. The molecule has 1 aromatic rings. The molecular formula is C12H20N2O2. The number of nitrogens with zero attached hydrogens (tertiary/aromatic N) is 2. The van der Waals surface area contributed by atoms with Gasteiger partial charge in [-0.15, -0.1) is 0 Å². The van der Waals surface area contributed by atoms with Crippen molar-refractivity contribution >= 4 is 0 Å². The third kappa shape index (κ3) is 3.36. The van der Waals surface area contributed by atoms with Crippen LogP contribution in [0.1, 0.15) is 32.4 Å². The van der Waals surface area contributed by atoms with Gasteiger partial charge in [-0.2, -0.15) is 0 Å². The molecule has 0 aliphatic rings. The van der Waals surface area contributed by atoms with Gasteiger partial charge < -0.3 is 4.74 Å². The minimum absolute atomic E-state index is 0.0342. The van der Waals surface area contributed by atoms with Gasteiger partial charge in [0.2, 0.25) is 0 Å². The van der Waals surface area contributed by atoms with Crippen LogP contribution >= 0.6 is 0 Å². The average Bonchev–Trinajstić information content (AvgIpc) is 2.20. The topological polar surface area (TPSA) is 44.1 Å². The van der Waals surface area contributed by atoms with Crippen molar-refractivity contribution in [2.45, 2.75) is 40.2 Å². The molecular weight excluding hydrogens is 204 g/mol. The van der Waals surface area contributed by atoms with E-state index in [1.54, 1.807) is 18.6 Å². The van der Waals surface area contributed by atoms with Gasteiger partial charge in [0, 0.05) is 18.3 Å². The Balaban J connectivity index is 2.82. The number of ether oxygens (including phenoxy) is 1. The molecule has 0 aliphatic carbocycles. The zero-order valence-electron chi connectivity index (χ0n) is 10.5. The van der Waals surface area contributed by atoms with Crippen LogP contribution in [0.2, 0.25) is 0 Å². The van der Waals surface area contributed by atoms with Crippen molar-refractivity contribution in [2.75, 3.05) is 7.11 Å². The Morgan fingerprint density at radius 1 is 1.50 bits per heavy atom. The van der Waals surface area contributed by atoms with Crippen molar-refractivity contribution in [3.8, 4) is 6.01 Å². The van der Waals surface area contributed by atoms with Gasteiger partial charge in [0.05, 0.1) is 7.11 Å². The lowest BCUT2D eigenvalue weighted by Crippen LogP contribution is -2.23. The minimum atomic E-state index is -0.0342. The van der Waals surface area contributed by atoms with E-state index in [0.717, 1.165) is 12.8 Å². The molecule has 0 radical (unpaired) electrons. The number of methoxy groups -OCH3 is 1. The third-order valence-corrected chi connectivity index (χ3v) is 2.45. The number of rotatable bonds is 5. The standard InChI is InChI=1S/C12H20N2O2/c1-9(2)6-5-7-14-11(15)8-10(3)13-12(14)16-4/h8-9H,5-7H2,1-4H3. The van der Waals surface area contributed by atoms with Gasteiger partial charge >= 0.3 is 0 Å². The van der Waals surface area contributed by atoms with Crippen molar-refractivity contribution in [1.82, 2.24) is 9.55 Å². The van der Waals surface area contributed by atoms with E-state index < -0.39 is 0 Å². The molecule has 1 aromatic heterocycles. The Kier molecular flexibility index (Phi) is 4.52. The highest BCUT2D eigenvalue weighted by Crippen LogP contribution is 2.09. The molecule has 0 fully saturated rings. The van der Waals surface area contributed by atoms with Crippen LogP contribution in [-0.2, 0) is 6.54 Å². The summed E-state index contributed by atoms with van der Waals surface area (Å²) >= 11 is 0. The lowest BCUT2D eigenvalue weighted by Gasteiger charge is -2.11. The lowest BCUT2D eigenvalue weighted by atomic mass is 10.1. The molecule has 1 rings (SSSR count). The molecule has 0 saturated carbocycles. The van der Waals surface area contributed by atoms with Crippen molar-refractivity contribution in [3.05, 3.63) is 22.1 Å². The van der Waals surface area contributed by atoms with Crippen LogP contribution in [0.3, 0.4) is 0 Å². The zero-order valence-corrected chi connectivity index (χ0v) is 10.5. The predicted octanol–water partition coefficient (Wildman–Crippen LogP) is 2.00. The van der Waals surface area contributed by atoms with Gasteiger partial charge in [-0.1, -0.05) is 13.8 Å². The molecule has 90 valence electrons. The highest BCUT2D eigenvalue weighted by molar-refractivity contribution is 5.06. The van der Waals surface area contributed by atoms with Crippen molar-refractivity contribution in [1.29, 1.82) is 0 Å². The van der Waals surface area contributed by atoms with Crippen LogP contribution in [0.25, 0.3) is 0 Å². The van der Waals surface area contributed by atoms with E-state index >= 15 is 0 Å². The fraction of sp³-hybridized carbons (Fsp3) is 0.667. The van der Waals surface area contributed by atoms with Crippen LogP contribution in [0.4, 0.5) is 0 Å². The van der Waals surface area contributed by atoms with E-state index in [2.05, 4.69) is 18.8 Å². The summed E-state index contributed by atoms with van der Waals surface area (Å²) in [5.74, 6) is 0.653. The Morgan fingerprint density at radius 3 is 2.75 bits per heavy atom. The Morgan fingerprint density at radius 2 is 2.19 bits per heavy atom. The molecule has 0 N–H and O–H groups in total. The molecule has 4 nitrogen and oxygen atoms in total. The summed E-state index contributed by atoms with van der Waals surface area (Å²) in [5, 5.41) is 0. The van der Waals surface area contributed by atoms with Crippen LogP contribution < -0.4 is 10.3 Å². The summed E-state index contributed by atoms with van der Waals surface area (Å²) in [6.07, 6.45) is 2.07. The van der Waals surface area contributed by atoms with Gasteiger partial charge in [-0.3, -0.25) is 9.36 Å². The predicted molar refractivity (Wildman–Crippen MR) is 63.9 cm³/mol. The molecule has 1 heterocycles. The minimum Gasteiger partial charge on any atom is -0.468 e. The fourth-order valence-corrected chi connectivity index (χ4v) is 1.61. The van der Waals surface area contributed by atoms with Crippen molar-refractivity contribution in [2.24, 2.45) is 5.92 Å². The van der Waals surface area contributed by atoms with Gasteiger partial charge in [0.15, 0.2) is 0 Å². The summed E-state index contributed by atoms with van der Waals surface area (Å²) < 4.78 is 6.71. The average molecular weight is 224 g/mol. The van der Waals surface area contributed by atoms with E-state index in [9.17, 15) is 4.79 Å². The van der Waals surface area contributed by atoms with Crippen molar-refractivity contribution < 1.29 is 4.74 Å². The molecule has 0 bridgehead atoms. The fourth-order valence-electron chi connectivity index (χ4n) is 1.61. The highest BCUT2D eigenvalue weighted by Gasteiger charge is 2.07. The maximum Gasteiger partial charge on any atom is 0.299 e. The Hall–Kier alpha value is -1.32. The number of hydrogen-bond donors (Lipinski definition) is 0. The second-order valence-electron chi connectivity index (χ2n) is 4.41. The second kappa shape index (κ2) is 5.68. The summed E-state index contributed by atoms with van der Waals surface area (Å²) in [6.45, 7) is 6.82. The van der Waals surface area contributed by atoms with Gasteiger partial charge in [0.25, 0.3) is 11.6 Å². The maximum atomic E-state index is 11.7. The number of aromatic nitrogens is 2. The van der Waals surface area contributed by atoms with E-state index in [1.807, 2.05) is 0 Å². The summed E-state index contributed by atoms with van der Waals surface area (Å²) in [5.41, 5.74) is 0.662. The van der Waals surface area contributed by atoms with Crippen LogP contribution in [-0.4, -0.2) is 16.7 Å². The monoisotopic (exact) mass is 224 g/mol. The van der Waals surface area contributed by atoms with Crippen LogP contribution in [0.5, 0.6) is 6.01 Å². The van der Waals surface area contributed by atoms with Crippen LogP contribution in [0, 0.1) is 12.8 Å². The van der Waals surface area contributed by atoms with Crippen LogP contribution in [0.15, 0.2) is 10.9 Å². The highest BCUT2D eigenvalue weighted by atomic mass is 16.5. The zero-order chi connectivity index (χ0) is 12.1. The first-order chi connectivity index (χ1) is 7.54. The first kappa shape index (κ1) is 12.7. The number of aryl methyl sites for hydroxylation is 1. The Labute approximate surface area is 96.3 Å². The largest absolute Gasteiger partial charge is 0.468 e. The molecule has 0 aliphatic heterocycles. The van der Waals surface area contributed by atoms with E-state index in [4.69, 9.17) is 4.74 Å². The SMILES string of the molecule is COc1nc(C)cc(=O)n1CCCC(C)C. The molecule has 16 heavy (non-hydrogen) atoms. The molecule has 0 saturated heterocycles. The van der Waals surface area contributed by atoms with Gasteiger partial charge in [-0.25, -0.2) is 4.98 Å². The van der Waals surface area contributed by atoms with Crippen molar-refractivity contribution in [3.63, 3.8) is 0 Å². The lowest BCUT2D eigenvalue weighted by molar-refractivity contribution is 0.338. The van der Waals surface area contributed by atoms with Gasteiger partial charge in [-0.05, 0) is 25.7 Å².